The molecule has 2 aromatic rings. The predicted molar refractivity (Wildman–Crippen MR) is 84.9 cm³/mol. The second-order valence-electron chi connectivity index (χ2n) is 5.47. The van der Waals surface area contributed by atoms with E-state index >= 15 is 0 Å². The number of nitrogens with two attached hydrogens (primary N) is 1. The van der Waals surface area contributed by atoms with Crippen molar-refractivity contribution in [2.45, 2.75) is 39.3 Å². The van der Waals surface area contributed by atoms with Gasteiger partial charge in [0.05, 0.1) is 17.1 Å². The Balaban J connectivity index is 2.59. The summed E-state index contributed by atoms with van der Waals surface area (Å²) in [7, 11) is 4.22. The van der Waals surface area contributed by atoms with E-state index in [0.717, 1.165) is 30.7 Å². The van der Waals surface area contributed by atoms with Crippen LogP contribution in [-0.4, -0.2) is 35.1 Å². The molecule has 4 heteroatoms. The maximum absolute atomic E-state index is 5.79. The smallest absolute Gasteiger partial charge is 0.127 e. The second kappa shape index (κ2) is 6.37. The van der Waals surface area contributed by atoms with Gasteiger partial charge < -0.3 is 10.3 Å². The number of nitrogens with zero attached hydrogens (tertiary/aromatic N) is 3. The van der Waals surface area contributed by atoms with Gasteiger partial charge in [-0.3, -0.25) is 4.90 Å². The van der Waals surface area contributed by atoms with E-state index in [1.165, 1.54) is 11.1 Å². The van der Waals surface area contributed by atoms with Gasteiger partial charge in [0.25, 0.3) is 0 Å². The highest BCUT2D eigenvalue weighted by molar-refractivity contribution is 5.77. The number of aryl methyl sites for hydroxylation is 1. The summed E-state index contributed by atoms with van der Waals surface area (Å²) in [6, 6.07) is 6.91. The number of aromatic nitrogens is 2. The summed E-state index contributed by atoms with van der Waals surface area (Å²) < 4.78 is 2.28. The summed E-state index contributed by atoms with van der Waals surface area (Å²) in [6.07, 6.45) is 2.08. The second-order valence-corrected chi connectivity index (χ2v) is 5.47. The van der Waals surface area contributed by atoms with Gasteiger partial charge in [-0.2, -0.15) is 0 Å². The van der Waals surface area contributed by atoms with Gasteiger partial charge >= 0.3 is 0 Å². The summed E-state index contributed by atoms with van der Waals surface area (Å²) in [5.41, 5.74) is 9.41. The first-order chi connectivity index (χ1) is 9.62. The van der Waals surface area contributed by atoms with Gasteiger partial charge in [-0.1, -0.05) is 19.9 Å². The standard InChI is InChI=1S/C16H26N4/c1-5-12-7-8-15-13(11-12)18-16(20(15)10-9-17)14(6-2)19(3)4/h7-8,11,14H,5-6,9-10,17H2,1-4H3. The largest absolute Gasteiger partial charge is 0.329 e. The molecule has 1 heterocycles. The van der Waals surface area contributed by atoms with Crippen LogP contribution in [0.1, 0.15) is 37.7 Å². The van der Waals surface area contributed by atoms with Crippen molar-refractivity contribution in [3.63, 3.8) is 0 Å². The summed E-state index contributed by atoms with van der Waals surface area (Å²) in [4.78, 5) is 7.13. The summed E-state index contributed by atoms with van der Waals surface area (Å²) in [6.45, 7) is 5.83. The number of benzene rings is 1. The first kappa shape index (κ1) is 15.0. The van der Waals surface area contributed by atoms with Crippen LogP contribution in [0.3, 0.4) is 0 Å². The Morgan fingerprint density at radius 2 is 2.05 bits per heavy atom. The van der Waals surface area contributed by atoms with E-state index in [9.17, 15) is 0 Å². The molecule has 1 unspecified atom stereocenters. The number of fused-ring (bicyclic) bond motifs is 1. The third-order valence-electron chi connectivity index (χ3n) is 3.91. The molecule has 0 aliphatic heterocycles. The molecular weight excluding hydrogens is 248 g/mol. The lowest BCUT2D eigenvalue weighted by molar-refractivity contribution is 0.273. The van der Waals surface area contributed by atoms with E-state index in [0.29, 0.717) is 12.6 Å². The Labute approximate surface area is 121 Å². The van der Waals surface area contributed by atoms with Gasteiger partial charge in [0.1, 0.15) is 5.82 Å². The van der Waals surface area contributed by atoms with Gasteiger partial charge in [-0.15, -0.1) is 0 Å². The first-order valence-corrected chi connectivity index (χ1v) is 7.47. The molecule has 20 heavy (non-hydrogen) atoms. The fourth-order valence-corrected chi connectivity index (χ4v) is 2.81. The Morgan fingerprint density at radius 1 is 1.30 bits per heavy atom. The molecule has 0 aliphatic rings. The number of hydrogen-bond acceptors (Lipinski definition) is 3. The van der Waals surface area contributed by atoms with Crippen molar-refractivity contribution >= 4 is 11.0 Å². The van der Waals surface area contributed by atoms with Gasteiger partial charge in [-0.05, 0) is 44.6 Å². The third-order valence-corrected chi connectivity index (χ3v) is 3.91. The van der Waals surface area contributed by atoms with E-state index in [1.807, 2.05) is 0 Å². The quantitative estimate of drug-likeness (QED) is 0.880. The molecule has 1 atom stereocenters. The van der Waals surface area contributed by atoms with Crippen molar-refractivity contribution in [3.05, 3.63) is 29.6 Å². The lowest BCUT2D eigenvalue weighted by Gasteiger charge is -2.23. The highest BCUT2D eigenvalue weighted by atomic mass is 15.2. The average Bonchev–Trinajstić information content (AvgIpc) is 2.77. The van der Waals surface area contributed by atoms with Crippen molar-refractivity contribution in [1.29, 1.82) is 0 Å². The fourth-order valence-electron chi connectivity index (χ4n) is 2.81. The van der Waals surface area contributed by atoms with Gasteiger partial charge in [0.2, 0.25) is 0 Å². The topological polar surface area (TPSA) is 47.1 Å². The minimum atomic E-state index is 0.332. The zero-order chi connectivity index (χ0) is 14.7. The van der Waals surface area contributed by atoms with Crippen LogP contribution >= 0.6 is 0 Å². The maximum Gasteiger partial charge on any atom is 0.127 e. The SMILES string of the molecule is CCc1ccc2c(c1)nc(C(CC)N(C)C)n2CCN. The van der Waals surface area contributed by atoms with Crippen LogP contribution in [-0.2, 0) is 13.0 Å². The van der Waals surface area contributed by atoms with E-state index in [2.05, 4.69) is 55.6 Å². The van der Waals surface area contributed by atoms with Crippen LogP contribution in [0.5, 0.6) is 0 Å². The molecule has 0 aliphatic carbocycles. The molecule has 110 valence electrons. The van der Waals surface area contributed by atoms with Crippen molar-refractivity contribution in [3.8, 4) is 0 Å². The van der Waals surface area contributed by atoms with Crippen molar-refractivity contribution in [1.82, 2.24) is 14.5 Å². The fraction of sp³-hybridized carbons (Fsp3) is 0.562. The Bertz CT molecular complexity index is 571. The minimum Gasteiger partial charge on any atom is -0.329 e. The lowest BCUT2D eigenvalue weighted by Crippen LogP contribution is -2.24. The number of hydrogen-bond donors (Lipinski definition) is 1. The molecular formula is C16H26N4. The normalized spacial score (nSPS) is 13.3. The van der Waals surface area contributed by atoms with Gasteiger partial charge in [0, 0.05) is 13.1 Å². The highest BCUT2D eigenvalue weighted by Gasteiger charge is 2.20. The molecule has 2 N–H and O–H groups in total. The molecule has 0 fully saturated rings. The molecule has 4 nitrogen and oxygen atoms in total. The molecule has 2 rings (SSSR count). The first-order valence-electron chi connectivity index (χ1n) is 7.47. The molecule has 0 amide bonds. The van der Waals surface area contributed by atoms with E-state index in [4.69, 9.17) is 10.7 Å². The zero-order valence-electron chi connectivity index (χ0n) is 13.1. The Morgan fingerprint density at radius 3 is 2.60 bits per heavy atom. The minimum absolute atomic E-state index is 0.332. The lowest BCUT2D eigenvalue weighted by atomic mass is 10.1. The molecule has 0 saturated carbocycles. The van der Waals surface area contributed by atoms with Crippen LogP contribution in [0.15, 0.2) is 18.2 Å². The summed E-state index contributed by atoms with van der Waals surface area (Å²) in [5.74, 6) is 1.13. The van der Waals surface area contributed by atoms with Crippen molar-refractivity contribution < 1.29 is 0 Å². The van der Waals surface area contributed by atoms with Crippen LogP contribution in [0.2, 0.25) is 0 Å². The van der Waals surface area contributed by atoms with Gasteiger partial charge in [0.15, 0.2) is 0 Å². The highest BCUT2D eigenvalue weighted by Crippen LogP contribution is 2.26. The predicted octanol–water partition coefficient (Wildman–Crippen LogP) is 2.57. The van der Waals surface area contributed by atoms with Gasteiger partial charge in [-0.25, -0.2) is 4.98 Å². The van der Waals surface area contributed by atoms with Crippen molar-refractivity contribution in [2.24, 2.45) is 5.73 Å². The number of rotatable bonds is 6. The molecule has 0 saturated heterocycles. The molecule has 0 bridgehead atoms. The summed E-state index contributed by atoms with van der Waals surface area (Å²) in [5, 5.41) is 0. The molecule has 0 radical (unpaired) electrons. The van der Waals surface area contributed by atoms with Crippen LogP contribution in [0.25, 0.3) is 11.0 Å². The number of imidazole rings is 1. The van der Waals surface area contributed by atoms with Crippen LogP contribution < -0.4 is 5.73 Å². The average molecular weight is 274 g/mol. The van der Waals surface area contributed by atoms with Crippen LogP contribution in [0.4, 0.5) is 0 Å². The Hall–Kier alpha value is -1.39. The Kier molecular flexibility index (Phi) is 4.78. The summed E-state index contributed by atoms with van der Waals surface area (Å²) >= 11 is 0. The molecule has 1 aromatic heterocycles. The van der Waals surface area contributed by atoms with E-state index in [-0.39, 0.29) is 0 Å². The molecule has 0 spiro atoms. The maximum atomic E-state index is 5.79. The monoisotopic (exact) mass is 274 g/mol. The van der Waals surface area contributed by atoms with Crippen LogP contribution in [0, 0.1) is 0 Å². The van der Waals surface area contributed by atoms with E-state index in [1.54, 1.807) is 0 Å². The molecule has 1 aromatic carbocycles. The zero-order valence-corrected chi connectivity index (χ0v) is 13.1. The van der Waals surface area contributed by atoms with E-state index < -0.39 is 0 Å². The van der Waals surface area contributed by atoms with Crippen molar-refractivity contribution in [2.75, 3.05) is 20.6 Å². The third kappa shape index (κ3) is 2.72.